The number of rotatable bonds is 7. The van der Waals surface area contributed by atoms with Gasteiger partial charge in [-0.2, -0.15) is 13.9 Å². The number of aromatic nitrogens is 7. The minimum absolute atomic E-state index is 0.161. The number of nitrogens with one attached hydrogen (secondary N) is 1. The van der Waals surface area contributed by atoms with Crippen molar-refractivity contribution in [1.82, 2.24) is 44.8 Å². The van der Waals surface area contributed by atoms with Crippen LogP contribution in [0, 0.1) is 0 Å². The molecule has 4 heterocycles. The van der Waals surface area contributed by atoms with Crippen molar-refractivity contribution in [2.24, 2.45) is 0 Å². The zero-order chi connectivity index (χ0) is 29.2. The lowest BCUT2D eigenvalue weighted by Crippen LogP contribution is -2.50. The van der Waals surface area contributed by atoms with Crippen LogP contribution in [-0.4, -0.2) is 82.8 Å². The van der Waals surface area contributed by atoms with E-state index in [4.69, 9.17) is 0 Å². The molecule has 5 aromatic rings. The van der Waals surface area contributed by atoms with E-state index >= 15 is 0 Å². The summed E-state index contributed by atoms with van der Waals surface area (Å²) in [5.41, 5.74) is 3.20. The molecule has 0 spiro atoms. The Hall–Kier alpha value is -5.11. The molecule has 12 nitrogen and oxygen atoms in total. The molecule has 1 fully saturated rings. The fourth-order valence-corrected chi connectivity index (χ4v) is 5.05. The van der Waals surface area contributed by atoms with Gasteiger partial charge in [0.15, 0.2) is 5.82 Å². The smallest absolute Gasteiger partial charge is 0.335 e. The van der Waals surface area contributed by atoms with Crippen LogP contribution in [0.5, 0.6) is 0 Å². The number of alkyl halides is 2. The zero-order valence-corrected chi connectivity index (χ0v) is 22.5. The standard InChI is InChI=1S/C28H26F2N10O2/c1-18(41)32-21-7-8-23-20(15-21)17-39(34-23)22-9-10-31-24(16-22)27(42)38-13-11-37(12-14-38)25(19-5-3-2-4-6-19)26-33-36-40(35-26)28(29)30/h2-10,15-17,25,28H,11-14H2,1H3,(H,32,41)/t25-/m1/s1. The van der Waals surface area contributed by atoms with E-state index in [0.717, 1.165) is 16.5 Å². The second kappa shape index (κ2) is 11.4. The zero-order valence-electron chi connectivity index (χ0n) is 22.5. The summed E-state index contributed by atoms with van der Waals surface area (Å²) in [6, 6.07) is 17.8. The van der Waals surface area contributed by atoms with E-state index in [1.807, 2.05) is 48.7 Å². The van der Waals surface area contributed by atoms with E-state index in [0.29, 0.717) is 42.4 Å². The third-order valence-electron chi connectivity index (χ3n) is 7.00. The van der Waals surface area contributed by atoms with Crippen LogP contribution in [0.15, 0.2) is 73.1 Å². The first-order valence-electron chi connectivity index (χ1n) is 13.2. The molecule has 0 bridgehead atoms. The lowest BCUT2D eigenvalue weighted by molar-refractivity contribution is -0.114. The highest BCUT2D eigenvalue weighted by Gasteiger charge is 2.32. The first-order chi connectivity index (χ1) is 20.4. The summed E-state index contributed by atoms with van der Waals surface area (Å²) < 4.78 is 28.0. The number of carbonyl (C=O) groups excluding carboxylic acids is 2. The average Bonchev–Trinajstić information content (AvgIpc) is 3.66. The van der Waals surface area contributed by atoms with Gasteiger partial charge in [-0.15, -0.1) is 10.2 Å². The van der Waals surface area contributed by atoms with Gasteiger partial charge in [0.2, 0.25) is 5.91 Å². The van der Waals surface area contributed by atoms with E-state index in [2.05, 4.69) is 35.7 Å². The second-order valence-electron chi connectivity index (χ2n) is 9.81. The van der Waals surface area contributed by atoms with Gasteiger partial charge in [-0.3, -0.25) is 19.5 Å². The molecule has 14 heteroatoms. The summed E-state index contributed by atoms with van der Waals surface area (Å²) >= 11 is 0. The van der Waals surface area contributed by atoms with Crippen LogP contribution in [0.25, 0.3) is 16.6 Å². The number of tetrazole rings is 1. The van der Waals surface area contributed by atoms with Crippen molar-refractivity contribution in [3.63, 3.8) is 0 Å². The molecular formula is C28H26F2N10O2. The predicted molar refractivity (Wildman–Crippen MR) is 148 cm³/mol. The minimum atomic E-state index is -2.89. The van der Waals surface area contributed by atoms with Crippen molar-refractivity contribution >= 4 is 28.4 Å². The Kier molecular flexibility index (Phi) is 7.35. The maximum absolute atomic E-state index is 13.5. The molecule has 0 aliphatic carbocycles. The molecule has 1 aliphatic heterocycles. The molecule has 214 valence electrons. The predicted octanol–water partition coefficient (Wildman–Crippen LogP) is 3.31. The van der Waals surface area contributed by atoms with E-state index in [1.54, 1.807) is 34.0 Å². The molecule has 1 N–H and O–H groups in total. The molecule has 0 radical (unpaired) electrons. The molecule has 0 saturated carbocycles. The van der Waals surface area contributed by atoms with Crippen molar-refractivity contribution < 1.29 is 18.4 Å². The number of nitrogens with zero attached hydrogens (tertiary/aromatic N) is 9. The molecule has 0 unspecified atom stereocenters. The lowest BCUT2D eigenvalue weighted by atomic mass is 10.0. The lowest BCUT2D eigenvalue weighted by Gasteiger charge is -2.38. The van der Waals surface area contributed by atoms with Gasteiger partial charge >= 0.3 is 6.55 Å². The van der Waals surface area contributed by atoms with Crippen molar-refractivity contribution in [1.29, 1.82) is 0 Å². The van der Waals surface area contributed by atoms with E-state index in [9.17, 15) is 18.4 Å². The molecule has 42 heavy (non-hydrogen) atoms. The summed E-state index contributed by atoms with van der Waals surface area (Å²) in [7, 11) is 0. The van der Waals surface area contributed by atoms with Gasteiger partial charge in [-0.1, -0.05) is 35.1 Å². The van der Waals surface area contributed by atoms with Crippen LogP contribution in [0.3, 0.4) is 0 Å². The van der Waals surface area contributed by atoms with Gasteiger partial charge in [0, 0.05) is 56.6 Å². The van der Waals surface area contributed by atoms with Crippen molar-refractivity contribution in [3.8, 4) is 5.69 Å². The number of benzene rings is 2. The number of piperazine rings is 1. The number of amides is 2. The summed E-state index contributed by atoms with van der Waals surface area (Å²) in [6.07, 6.45) is 3.39. The van der Waals surface area contributed by atoms with E-state index < -0.39 is 12.6 Å². The van der Waals surface area contributed by atoms with Crippen LogP contribution in [0.2, 0.25) is 0 Å². The SMILES string of the molecule is CC(=O)Nc1ccc2nn(-c3ccnc(C(=O)N4CCN([C@H](c5ccccc5)c5nnn(C(F)F)n5)CC4)c3)cc2c1. The maximum Gasteiger partial charge on any atom is 0.350 e. The fourth-order valence-electron chi connectivity index (χ4n) is 5.05. The van der Waals surface area contributed by atoms with E-state index in [-0.39, 0.29) is 23.3 Å². The molecule has 2 amide bonds. The van der Waals surface area contributed by atoms with Crippen molar-refractivity contribution in [2.75, 3.05) is 31.5 Å². The van der Waals surface area contributed by atoms with Gasteiger partial charge < -0.3 is 10.2 Å². The average molecular weight is 573 g/mol. The Morgan fingerprint density at radius 3 is 2.45 bits per heavy atom. The minimum Gasteiger partial charge on any atom is -0.335 e. The molecule has 3 aromatic heterocycles. The molecule has 6 rings (SSSR count). The number of hydrogen-bond donors (Lipinski definition) is 1. The van der Waals surface area contributed by atoms with Crippen LogP contribution in [0.1, 0.15) is 41.4 Å². The first kappa shape index (κ1) is 27.1. The molecule has 1 aliphatic rings. The summed E-state index contributed by atoms with van der Waals surface area (Å²) in [5.74, 6) is -0.211. The molecular weight excluding hydrogens is 546 g/mol. The summed E-state index contributed by atoms with van der Waals surface area (Å²) in [5, 5.41) is 19.5. The Bertz CT molecular complexity index is 1730. The number of anilines is 1. The number of halogens is 2. The first-order valence-corrected chi connectivity index (χ1v) is 13.2. The highest BCUT2D eigenvalue weighted by atomic mass is 19.3. The third kappa shape index (κ3) is 5.56. The molecule has 1 atom stereocenters. The van der Waals surface area contributed by atoms with Gasteiger partial charge in [0.25, 0.3) is 5.91 Å². The van der Waals surface area contributed by atoms with Crippen LogP contribution in [-0.2, 0) is 4.79 Å². The maximum atomic E-state index is 13.5. The largest absolute Gasteiger partial charge is 0.350 e. The highest BCUT2D eigenvalue weighted by Crippen LogP contribution is 2.28. The summed E-state index contributed by atoms with van der Waals surface area (Å²) in [6.45, 7) is 0.292. The topological polar surface area (TPSA) is 127 Å². The van der Waals surface area contributed by atoms with Gasteiger partial charge in [-0.05, 0) is 41.1 Å². The van der Waals surface area contributed by atoms with Gasteiger partial charge in [-0.25, -0.2) is 4.68 Å². The van der Waals surface area contributed by atoms with Crippen LogP contribution in [0.4, 0.5) is 14.5 Å². The van der Waals surface area contributed by atoms with E-state index in [1.165, 1.54) is 6.92 Å². The Balaban J connectivity index is 1.18. The number of pyridine rings is 1. The fraction of sp³-hybridized carbons (Fsp3) is 0.250. The number of carbonyl (C=O) groups is 2. The van der Waals surface area contributed by atoms with Crippen molar-refractivity contribution in [2.45, 2.75) is 19.5 Å². The number of fused-ring (bicyclic) bond motifs is 1. The molecule has 2 aromatic carbocycles. The summed E-state index contributed by atoms with van der Waals surface area (Å²) in [4.78, 5) is 33.2. The normalized spacial score (nSPS) is 14.8. The Morgan fingerprint density at radius 1 is 0.952 bits per heavy atom. The monoisotopic (exact) mass is 572 g/mol. The second-order valence-corrected chi connectivity index (χ2v) is 9.81. The Morgan fingerprint density at radius 2 is 1.74 bits per heavy atom. The molecule has 1 saturated heterocycles. The highest BCUT2D eigenvalue weighted by molar-refractivity contribution is 5.93. The quantitative estimate of drug-likeness (QED) is 0.315. The van der Waals surface area contributed by atoms with Gasteiger partial charge in [0.05, 0.1) is 17.2 Å². The van der Waals surface area contributed by atoms with Crippen LogP contribution >= 0.6 is 0 Å². The third-order valence-corrected chi connectivity index (χ3v) is 7.00. The number of hydrogen-bond acceptors (Lipinski definition) is 8. The van der Waals surface area contributed by atoms with Crippen molar-refractivity contribution in [3.05, 3.63) is 90.1 Å². The van der Waals surface area contributed by atoms with Gasteiger partial charge in [0.1, 0.15) is 5.69 Å². The Labute approximate surface area is 238 Å². The van der Waals surface area contributed by atoms with Crippen LogP contribution < -0.4 is 5.32 Å².